The van der Waals surface area contributed by atoms with Crippen LogP contribution in [0.4, 0.5) is 4.79 Å². The zero-order valence-corrected chi connectivity index (χ0v) is 26.6. The Morgan fingerprint density at radius 3 is 2.42 bits per heavy atom. The van der Waals surface area contributed by atoms with Crippen LogP contribution in [0.1, 0.15) is 66.4 Å². The van der Waals surface area contributed by atoms with Crippen molar-refractivity contribution in [1.29, 1.82) is 0 Å². The molecule has 1 unspecified atom stereocenters. The maximum Gasteiger partial charge on any atom is 0.325 e. The summed E-state index contributed by atoms with van der Waals surface area (Å²) in [4.78, 5) is 51.7. The van der Waals surface area contributed by atoms with Gasteiger partial charge in [0.1, 0.15) is 17.7 Å². The molecule has 0 spiro atoms. The molecule has 11 heteroatoms. The Kier molecular flexibility index (Phi) is 11.7. The van der Waals surface area contributed by atoms with Crippen LogP contribution in [0.5, 0.6) is 5.75 Å². The molecule has 10 nitrogen and oxygen atoms in total. The van der Waals surface area contributed by atoms with E-state index in [0.717, 1.165) is 16.0 Å². The molecule has 3 N–H and O–H groups in total. The second-order valence-corrected chi connectivity index (χ2v) is 11.5. The first kappa shape index (κ1) is 33.6. The number of aliphatic imine (C=N–C) groups is 1. The maximum atomic E-state index is 13.9. The summed E-state index contributed by atoms with van der Waals surface area (Å²) in [6.07, 6.45) is -0.660. The summed E-state index contributed by atoms with van der Waals surface area (Å²) in [5.41, 5.74) is 5.12. The van der Waals surface area contributed by atoms with Crippen LogP contribution in [0.15, 0.2) is 77.8 Å². The van der Waals surface area contributed by atoms with Gasteiger partial charge in [0.25, 0.3) is 0 Å². The van der Waals surface area contributed by atoms with Gasteiger partial charge in [-0.1, -0.05) is 73.1 Å². The number of hydrogen-bond donors (Lipinski definition) is 3. The Bertz CT molecular complexity index is 1510. The quantitative estimate of drug-likeness (QED) is 0.189. The minimum atomic E-state index is -1.28. The molecule has 4 rings (SSSR count). The normalized spacial score (nSPS) is 16.4. The molecule has 3 atom stereocenters. The Hall–Kier alpha value is -4.25. The SMILES string of the molecule is CC[C@@H](NC(=O)N1CC(NOC(C)C)=NC[C@@H](Cc2cc(Cl)ccc2OC)C1=O)c1ccc(C(=O)C(O)c2ccccc2)cc1. The van der Waals surface area contributed by atoms with Gasteiger partial charge in [0.15, 0.2) is 5.78 Å². The number of nitrogens with zero attached hydrogens (tertiary/aromatic N) is 2. The van der Waals surface area contributed by atoms with Gasteiger partial charge in [0.2, 0.25) is 5.91 Å². The number of hydrogen-bond acceptors (Lipinski definition) is 8. The van der Waals surface area contributed by atoms with Crippen molar-refractivity contribution in [2.75, 3.05) is 20.2 Å². The fourth-order valence-electron chi connectivity index (χ4n) is 5.02. The number of benzene rings is 3. The first-order chi connectivity index (χ1) is 21.6. The number of rotatable bonds is 11. The number of aliphatic hydroxyl groups excluding tert-OH is 1. The number of halogens is 1. The summed E-state index contributed by atoms with van der Waals surface area (Å²) in [6, 6.07) is 19.6. The monoisotopic (exact) mass is 634 g/mol. The molecule has 0 saturated heterocycles. The molecule has 1 aliphatic heterocycles. The van der Waals surface area contributed by atoms with Crippen LogP contribution in [0, 0.1) is 5.92 Å². The molecule has 3 amide bonds. The predicted octanol–water partition coefficient (Wildman–Crippen LogP) is 5.45. The highest BCUT2D eigenvalue weighted by molar-refractivity contribution is 6.30. The second kappa shape index (κ2) is 15.7. The van der Waals surface area contributed by atoms with Crippen LogP contribution in [0.2, 0.25) is 5.02 Å². The summed E-state index contributed by atoms with van der Waals surface area (Å²) >= 11 is 6.24. The van der Waals surface area contributed by atoms with Crippen molar-refractivity contribution >= 4 is 35.2 Å². The number of nitrogens with one attached hydrogen (secondary N) is 2. The van der Waals surface area contributed by atoms with Gasteiger partial charge < -0.3 is 15.2 Å². The van der Waals surface area contributed by atoms with E-state index in [1.165, 1.54) is 0 Å². The highest BCUT2D eigenvalue weighted by Gasteiger charge is 2.34. The number of aliphatic hydroxyl groups is 1. The van der Waals surface area contributed by atoms with E-state index >= 15 is 0 Å². The molecule has 0 radical (unpaired) electrons. The first-order valence-electron chi connectivity index (χ1n) is 14.9. The lowest BCUT2D eigenvalue weighted by Gasteiger charge is -2.27. The van der Waals surface area contributed by atoms with Crippen molar-refractivity contribution in [3.8, 4) is 5.75 Å². The first-order valence-corrected chi connectivity index (χ1v) is 15.3. The van der Waals surface area contributed by atoms with Crippen LogP contribution in [-0.4, -0.2) is 59.9 Å². The average molecular weight is 635 g/mol. The van der Waals surface area contributed by atoms with Gasteiger partial charge in [-0.3, -0.25) is 29.8 Å². The van der Waals surface area contributed by atoms with Crippen molar-refractivity contribution in [3.63, 3.8) is 0 Å². The fourth-order valence-corrected chi connectivity index (χ4v) is 5.21. The molecule has 1 aliphatic rings. The topological polar surface area (TPSA) is 130 Å². The van der Waals surface area contributed by atoms with Gasteiger partial charge >= 0.3 is 6.03 Å². The Balaban J connectivity index is 1.52. The molecule has 0 aliphatic carbocycles. The van der Waals surface area contributed by atoms with Crippen LogP contribution in [-0.2, 0) is 16.1 Å². The average Bonchev–Trinajstić information content (AvgIpc) is 3.20. The van der Waals surface area contributed by atoms with Crippen molar-refractivity contribution in [3.05, 3.63) is 100 Å². The maximum absolute atomic E-state index is 13.9. The number of ketones is 1. The summed E-state index contributed by atoms with van der Waals surface area (Å²) in [5.74, 6) is -0.554. The van der Waals surface area contributed by atoms with E-state index in [2.05, 4.69) is 15.8 Å². The van der Waals surface area contributed by atoms with Crippen molar-refractivity contribution in [1.82, 2.24) is 15.7 Å². The highest BCUT2D eigenvalue weighted by atomic mass is 35.5. The smallest absolute Gasteiger partial charge is 0.325 e. The Morgan fingerprint density at radius 1 is 1.07 bits per heavy atom. The minimum absolute atomic E-state index is 0.109. The van der Waals surface area contributed by atoms with Gasteiger partial charge in [-0.25, -0.2) is 4.79 Å². The number of ether oxygens (including phenoxy) is 1. The molecule has 45 heavy (non-hydrogen) atoms. The van der Waals surface area contributed by atoms with Crippen LogP contribution >= 0.6 is 11.6 Å². The Morgan fingerprint density at radius 2 is 1.78 bits per heavy atom. The number of carbonyl (C=O) groups is 3. The van der Waals surface area contributed by atoms with Crippen LogP contribution in [0.25, 0.3) is 0 Å². The third-order valence-corrected chi connectivity index (χ3v) is 7.69. The number of imide groups is 1. The largest absolute Gasteiger partial charge is 0.496 e. The van der Waals surface area contributed by atoms with Crippen LogP contribution in [0.3, 0.4) is 0 Å². The van der Waals surface area contributed by atoms with Gasteiger partial charge in [-0.05, 0) is 61.6 Å². The predicted molar refractivity (Wildman–Crippen MR) is 172 cm³/mol. The molecular weight excluding hydrogens is 596 g/mol. The number of amidine groups is 1. The van der Waals surface area contributed by atoms with Crippen molar-refractivity contribution in [2.45, 2.75) is 51.9 Å². The van der Waals surface area contributed by atoms with Gasteiger partial charge in [0.05, 0.1) is 38.3 Å². The van der Waals surface area contributed by atoms with E-state index in [9.17, 15) is 19.5 Å². The zero-order chi connectivity index (χ0) is 32.5. The zero-order valence-electron chi connectivity index (χ0n) is 25.8. The summed E-state index contributed by atoms with van der Waals surface area (Å²) in [5, 5.41) is 14.0. The van der Waals surface area contributed by atoms with Gasteiger partial charge in [-0.2, -0.15) is 0 Å². The number of Topliss-reactive ketones (excluding diaryl/α,β-unsaturated/α-hetero) is 1. The van der Waals surface area contributed by atoms with Crippen LogP contribution < -0.4 is 15.5 Å². The number of hydroxylamine groups is 1. The lowest BCUT2D eigenvalue weighted by atomic mass is 9.97. The number of urea groups is 1. The van der Waals surface area contributed by atoms with E-state index in [1.54, 1.807) is 73.8 Å². The highest BCUT2D eigenvalue weighted by Crippen LogP contribution is 2.27. The minimum Gasteiger partial charge on any atom is -0.496 e. The third kappa shape index (κ3) is 8.69. The Labute approximate surface area is 268 Å². The van der Waals surface area contributed by atoms with Crippen molar-refractivity contribution < 1.29 is 29.1 Å². The van der Waals surface area contributed by atoms with Crippen molar-refractivity contribution in [2.24, 2.45) is 10.9 Å². The molecule has 0 aromatic heterocycles. The second-order valence-electron chi connectivity index (χ2n) is 11.0. The summed E-state index contributed by atoms with van der Waals surface area (Å²) < 4.78 is 5.48. The molecule has 3 aromatic carbocycles. The number of methoxy groups -OCH3 is 1. The molecule has 0 fully saturated rings. The van der Waals surface area contributed by atoms with E-state index in [-0.39, 0.29) is 25.6 Å². The number of amides is 3. The molecule has 238 valence electrons. The van der Waals surface area contributed by atoms with E-state index in [4.69, 9.17) is 21.2 Å². The van der Waals surface area contributed by atoms with E-state index in [1.807, 2.05) is 26.8 Å². The van der Waals surface area contributed by atoms with E-state index < -0.39 is 35.8 Å². The summed E-state index contributed by atoms with van der Waals surface area (Å²) in [6.45, 7) is 5.63. The van der Waals surface area contributed by atoms with Gasteiger partial charge in [-0.15, -0.1) is 0 Å². The summed E-state index contributed by atoms with van der Waals surface area (Å²) in [7, 11) is 1.55. The lowest BCUT2D eigenvalue weighted by molar-refractivity contribution is -0.131. The number of carbonyl (C=O) groups excluding carboxylic acids is 3. The lowest BCUT2D eigenvalue weighted by Crippen LogP contribution is -2.50. The molecule has 0 saturated carbocycles. The van der Waals surface area contributed by atoms with E-state index in [0.29, 0.717) is 34.2 Å². The molecule has 1 heterocycles. The molecule has 0 bridgehead atoms. The molecule has 3 aromatic rings. The molecular formula is C34H39ClN4O6. The van der Waals surface area contributed by atoms with Gasteiger partial charge in [0, 0.05) is 10.6 Å². The third-order valence-electron chi connectivity index (χ3n) is 7.46. The fraction of sp³-hybridized carbons (Fsp3) is 0.353. The standard InChI is InChI=1S/C34H39ClN4O6/c1-5-28(22-11-13-24(14-12-22)32(41)31(40)23-9-7-6-8-10-23)37-34(43)39-20-30(38-45-21(2)3)36-19-26(33(39)42)17-25-18-27(35)15-16-29(25)44-4/h6-16,18,21,26,28,31,40H,5,17,19-20H2,1-4H3,(H,36,38)(H,37,43)/t26-,28-,31?/m1/s1.